The molecule has 0 saturated heterocycles. The van der Waals surface area contributed by atoms with Crippen LogP contribution in [0.3, 0.4) is 0 Å². The number of methoxy groups -OCH3 is 3. The quantitative estimate of drug-likeness (QED) is 0.613. The van der Waals surface area contributed by atoms with E-state index in [0.29, 0.717) is 39.4 Å². The third-order valence-electron chi connectivity index (χ3n) is 4.35. The number of aryl methyl sites for hydroxylation is 1. The Morgan fingerprint density at radius 1 is 1.00 bits per heavy atom. The highest BCUT2D eigenvalue weighted by Gasteiger charge is 2.18. The molecule has 0 aliphatic rings. The number of hydrogen-bond acceptors (Lipinski definition) is 6. The van der Waals surface area contributed by atoms with E-state index in [1.807, 2.05) is 6.92 Å². The van der Waals surface area contributed by atoms with Crippen LogP contribution >= 0.6 is 0 Å². The Kier molecular flexibility index (Phi) is 5.07. The molecule has 27 heavy (non-hydrogen) atoms. The summed E-state index contributed by atoms with van der Waals surface area (Å²) in [7, 11) is 4.55. The van der Waals surface area contributed by atoms with Gasteiger partial charge in [-0.1, -0.05) is 0 Å². The lowest BCUT2D eigenvalue weighted by atomic mass is 10.1. The fraction of sp³-hybridized carbons (Fsp3) is 0.263. The third-order valence-corrected chi connectivity index (χ3v) is 4.35. The minimum atomic E-state index is -0.269. The fourth-order valence-electron chi connectivity index (χ4n) is 2.98. The smallest absolute Gasteiger partial charge is 0.271 e. The molecule has 0 aliphatic carbocycles. The lowest BCUT2D eigenvalue weighted by Gasteiger charge is -2.15. The summed E-state index contributed by atoms with van der Waals surface area (Å²) in [5.41, 5.74) is 1.73. The molecular formula is C19H21N3O5. The predicted octanol–water partition coefficient (Wildman–Crippen LogP) is 2.16. The number of benzene rings is 1. The molecule has 0 aliphatic heterocycles. The number of H-pyrrole nitrogens is 2. The molecule has 8 heteroatoms. The van der Waals surface area contributed by atoms with Crippen LogP contribution in [0, 0.1) is 6.92 Å². The van der Waals surface area contributed by atoms with Gasteiger partial charge in [0.05, 0.1) is 26.8 Å². The van der Waals surface area contributed by atoms with Gasteiger partial charge in [-0.05, 0) is 24.6 Å². The van der Waals surface area contributed by atoms with Crippen LogP contribution in [0.25, 0.3) is 10.9 Å². The molecule has 0 radical (unpaired) electrons. The van der Waals surface area contributed by atoms with E-state index in [4.69, 9.17) is 14.2 Å². The van der Waals surface area contributed by atoms with Crippen molar-refractivity contribution in [2.75, 3.05) is 26.6 Å². The van der Waals surface area contributed by atoms with Gasteiger partial charge in [0.15, 0.2) is 11.5 Å². The molecule has 142 valence electrons. The third kappa shape index (κ3) is 3.33. The highest BCUT2D eigenvalue weighted by atomic mass is 16.5. The van der Waals surface area contributed by atoms with Crippen LogP contribution in [0.2, 0.25) is 0 Å². The summed E-state index contributed by atoms with van der Waals surface area (Å²) in [6.07, 6.45) is 1.58. The van der Waals surface area contributed by atoms with E-state index in [9.17, 15) is 9.59 Å². The van der Waals surface area contributed by atoms with E-state index < -0.39 is 0 Å². The maximum Gasteiger partial charge on any atom is 0.271 e. The van der Waals surface area contributed by atoms with E-state index in [-0.39, 0.29) is 17.7 Å². The highest BCUT2D eigenvalue weighted by molar-refractivity contribution is 5.90. The van der Waals surface area contributed by atoms with Crippen molar-refractivity contribution in [3.8, 4) is 17.2 Å². The minimum absolute atomic E-state index is 0.177. The Labute approximate surface area is 155 Å². The van der Waals surface area contributed by atoms with Crippen molar-refractivity contribution >= 4 is 16.6 Å². The molecule has 3 N–H and O–H groups in total. The number of rotatable bonds is 6. The summed E-state index contributed by atoms with van der Waals surface area (Å²) in [6.45, 7) is 2.00. The number of aromatic nitrogens is 2. The Balaban J connectivity index is 2.08. The van der Waals surface area contributed by atoms with Gasteiger partial charge in [-0.2, -0.15) is 0 Å². The van der Waals surface area contributed by atoms with Crippen molar-refractivity contribution in [1.82, 2.24) is 9.97 Å². The largest absolute Gasteiger partial charge is 0.493 e. The Morgan fingerprint density at radius 3 is 2.37 bits per heavy atom. The molecule has 0 saturated carbocycles. The Bertz CT molecular complexity index is 1100. The fourth-order valence-corrected chi connectivity index (χ4v) is 2.98. The van der Waals surface area contributed by atoms with Crippen LogP contribution in [0.5, 0.6) is 17.2 Å². The topological polar surface area (TPSA) is 105 Å². The molecule has 0 fully saturated rings. The molecule has 0 unspecified atom stereocenters. The Hall–Kier alpha value is -3.42. The summed E-state index contributed by atoms with van der Waals surface area (Å²) in [6, 6.07) is 5.18. The summed E-state index contributed by atoms with van der Waals surface area (Å²) < 4.78 is 16.2. The Morgan fingerprint density at radius 2 is 1.74 bits per heavy atom. The first kappa shape index (κ1) is 18.4. The zero-order chi connectivity index (χ0) is 19.6. The second-order valence-corrected chi connectivity index (χ2v) is 5.95. The zero-order valence-electron chi connectivity index (χ0n) is 15.6. The lowest BCUT2D eigenvalue weighted by molar-refractivity contribution is 0.327. The molecule has 3 rings (SSSR count). The van der Waals surface area contributed by atoms with E-state index in [1.165, 1.54) is 21.3 Å². The van der Waals surface area contributed by atoms with Crippen molar-refractivity contribution in [1.29, 1.82) is 0 Å². The second-order valence-electron chi connectivity index (χ2n) is 5.95. The van der Waals surface area contributed by atoms with E-state index in [1.54, 1.807) is 24.4 Å². The standard InChI is InChI=1S/C19H21N3O5/c1-10-5-6-20-19(24)15(10)21-9-11-7-12-13(22-18(11)23)8-14(25-2)17(27-4)16(12)26-3/h5-8,21H,9H2,1-4H3,(H,20,24)(H,22,23). The van der Waals surface area contributed by atoms with Crippen molar-refractivity contribution in [2.24, 2.45) is 0 Å². The van der Waals surface area contributed by atoms with Crippen LogP contribution in [-0.2, 0) is 6.54 Å². The number of ether oxygens (including phenoxy) is 3. The average molecular weight is 371 g/mol. The maximum absolute atomic E-state index is 12.5. The van der Waals surface area contributed by atoms with Crippen LogP contribution in [0.15, 0.2) is 34.0 Å². The lowest BCUT2D eigenvalue weighted by Crippen LogP contribution is -2.20. The van der Waals surface area contributed by atoms with Crippen LogP contribution < -0.4 is 30.6 Å². The second kappa shape index (κ2) is 7.45. The van der Waals surface area contributed by atoms with Gasteiger partial charge in [0.25, 0.3) is 11.1 Å². The van der Waals surface area contributed by atoms with Gasteiger partial charge >= 0.3 is 0 Å². The molecule has 2 aromatic heterocycles. The van der Waals surface area contributed by atoms with Gasteiger partial charge in [0.1, 0.15) is 5.69 Å². The number of nitrogens with one attached hydrogen (secondary N) is 3. The molecule has 8 nitrogen and oxygen atoms in total. The summed E-state index contributed by atoms with van der Waals surface area (Å²) >= 11 is 0. The monoisotopic (exact) mass is 371 g/mol. The van der Waals surface area contributed by atoms with Crippen molar-refractivity contribution in [3.63, 3.8) is 0 Å². The number of anilines is 1. The summed E-state index contributed by atoms with van der Waals surface area (Å²) in [5.74, 6) is 1.35. The molecular weight excluding hydrogens is 350 g/mol. The van der Waals surface area contributed by atoms with E-state index in [0.717, 1.165) is 5.56 Å². The van der Waals surface area contributed by atoms with Gasteiger partial charge in [0, 0.05) is 29.8 Å². The van der Waals surface area contributed by atoms with Gasteiger partial charge in [-0.3, -0.25) is 9.59 Å². The first-order valence-corrected chi connectivity index (χ1v) is 8.27. The van der Waals surface area contributed by atoms with Crippen LogP contribution in [0.1, 0.15) is 11.1 Å². The van der Waals surface area contributed by atoms with Gasteiger partial charge < -0.3 is 29.5 Å². The van der Waals surface area contributed by atoms with E-state index >= 15 is 0 Å². The predicted molar refractivity (Wildman–Crippen MR) is 103 cm³/mol. The van der Waals surface area contributed by atoms with Crippen molar-refractivity contribution < 1.29 is 14.2 Å². The normalized spacial score (nSPS) is 10.7. The summed E-state index contributed by atoms with van der Waals surface area (Å²) in [5, 5.41) is 3.70. The molecule has 0 atom stereocenters. The number of pyridine rings is 2. The van der Waals surface area contributed by atoms with E-state index in [2.05, 4.69) is 15.3 Å². The van der Waals surface area contributed by atoms with Gasteiger partial charge in [-0.15, -0.1) is 0 Å². The molecule has 0 bridgehead atoms. The molecule has 0 spiro atoms. The molecule has 2 heterocycles. The number of hydrogen-bond donors (Lipinski definition) is 3. The van der Waals surface area contributed by atoms with Crippen LogP contribution in [-0.4, -0.2) is 31.3 Å². The SMILES string of the molecule is COc1cc2[nH]c(=O)c(CNc3c(C)cc[nH]c3=O)cc2c(OC)c1OC. The van der Waals surface area contributed by atoms with Crippen molar-refractivity contribution in [2.45, 2.75) is 13.5 Å². The minimum Gasteiger partial charge on any atom is -0.493 e. The highest BCUT2D eigenvalue weighted by Crippen LogP contribution is 2.42. The maximum atomic E-state index is 12.5. The van der Waals surface area contributed by atoms with Gasteiger partial charge in [0.2, 0.25) is 5.75 Å². The number of aromatic amines is 2. The molecule has 0 amide bonds. The van der Waals surface area contributed by atoms with Gasteiger partial charge in [-0.25, -0.2) is 0 Å². The zero-order valence-corrected chi connectivity index (χ0v) is 15.6. The van der Waals surface area contributed by atoms with Crippen molar-refractivity contribution in [3.05, 3.63) is 56.2 Å². The first-order chi connectivity index (χ1) is 13.0. The summed E-state index contributed by atoms with van der Waals surface area (Å²) in [4.78, 5) is 29.9. The average Bonchev–Trinajstić information content (AvgIpc) is 2.66. The van der Waals surface area contributed by atoms with Crippen LogP contribution in [0.4, 0.5) is 5.69 Å². The molecule has 3 aromatic rings. The first-order valence-electron chi connectivity index (χ1n) is 8.27. The molecule has 1 aromatic carbocycles. The number of fused-ring (bicyclic) bond motifs is 1.